The van der Waals surface area contributed by atoms with Crippen LogP contribution in [0.3, 0.4) is 0 Å². The molecule has 0 unspecified atom stereocenters. The highest BCUT2D eigenvalue weighted by atomic mass is 16.2. The van der Waals surface area contributed by atoms with E-state index >= 15 is 0 Å². The quantitative estimate of drug-likeness (QED) is 0.488. The topological polar surface area (TPSA) is 96.8 Å². The largest absolute Gasteiger partial charge is 0.338 e. The van der Waals surface area contributed by atoms with Crippen molar-refractivity contribution in [1.82, 2.24) is 29.9 Å². The Bertz CT molecular complexity index is 1400. The number of hydrogen-bond acceptors (Lipinski definition) is 5. The molecule has 4 aromatic rings. The van der Waals surface area contributed by atoms with Gasteiger partial charge in [-0.25, -0.2) is 9.67 Å². The van der Waals surface area contributed by atoms with E-state index in [0.29, 0.717) is 36.7 Å². The van der Waals surface area contributed by atoms with Crippen LogP contribution in [0.15, 0.2) is 59.4 Å². The van der Waals surface area contributed by atoms with E-state index in [4.69, 9.17) is 4.98 Å². The molecule has 0 spiro atoms. The Morgan fingerprint density at radius 3 is 2.54 bits per heavy atom. The summed E-state index contributed by atoms with van der Waals surface area (Å²) in [6.45, 7) is 8.15. The molecule has 8 heteroatoms. The molecule has 5 rings (SSSR count). The number of hydrogen-bond donors (Lipinski definition) is 1. The minimum absolute atomic E-state index is 0.00868. The lowest BCUT2D eigenvalue weighted by Crippen LogP contribution is -2.40. The van der Waals surface area contributed by atoms with Crippen molar-refractivity contribution in [1.29, 1.82) is 0 Å². The molecule has 1 amide bonds. The van der Waals surface area contributed by atoms with Crippen molar-refractivity contribution in [3.8, 4) is 0 Å². The number of carbonyl (C=O) groups is 1. The summed E-state index contributed by atoms with van der Waals surface area (Å²) >= 11 is 0. The van der Waals surface area contributed by atoms with Crippen LogP contribution in [0.4, 0.5) is 0 Å². The van der Waals surface area contributed by atoms with Crippen molar-refractivity contribution >= 4 is 17.1 Å². The van der Waals surface area contributed by atoms with Crippen LogP contribution in [0, 0.1) is 0 Å². The van der Waals surface area contributed by atoms with E-state index in [1.165, 1.54) is 5.56 Å². The van der Waals surface area contributed by atoms with Crippen LogP contribution in [0.2, 0.25) is 0 Å². The van der Waals surface area contributed by atoms with E-state index in [-0.39, 0.29) is 28.3 Å². The monoisotopic (exact) mass is 470 g/mol. The molecule has 0 saturated carbocycles. The lowest BCUT2D eigenvalue weighted by molar-refractivity contribution is 0.0704. The van der Waals surface area contributed by atoms with Crippen LogP contribution < -0.4 is 5.56 Å². The highest BCUT2D eigenvalue weighted by molar-refractivity contribution is 5.94. The molecule has 1 fully saturated rings. The molecular weight excluding hydrogens is 440 g/mol. The summed E-state index contributed by atoms with van der Waals surface area (Å²) in [4.78, 5) is 35.5. The van der Waals surface area contributed by atoms with E-state index in [0.717, 1.165) is 18.4 Å². The van der Waals surface area contributed by atoms with Gasteiger partial charge in [-0.2, -0.15) is 0 Å². The van der Waals surface area contributed by atoms with Gasteiger partial charge in [-0.05, 0) is 41.5 Å². The lowest BCUT2D eigenvalue weighted by atomic mass is 9.86. The van der Waals surface area contributed by atoms with Gasteiger partial charge in [-0.3, -0.25) is 9.59 Å². The number of piperidine rings is 1. The smallest absolute Gasteiger partial charge is 0.281 e. The van der Waals surface area contributed by atoms with E-state index in [2.05, 4.69) is 36.1 Å². The van der Waals surface area contributed by atoms with Gasteiger partial charge in [0.05, 0.1) is 6.54 Å². The van der Waals surface area contributed by atoms with Gasteiger partial charge in [0.1, 0.15) is 5.82 Å². The molecule has 1 aliphatic rings. The molecular formula is C27H30N6O2. The third-order valence-electron chi connectivity index (χ3n) is 6.66. The summed E-state index contributed by atoms with van der Waals surface area (Å²) in [6.07, 6.45) is 1.70. The number of fused-ring (bicyclic) bond motifs is 1. The van der Waals surface area contributed by atoms with Crippen LogP contribution in [-0.4, -0.2) is 48.9 Å². The number of H-pyrrole nitrogens is 1. The molecule has 1 atom stereocenters. The summed E-state index contributed by atoms with van der Waals surface area (Å²) in [7, 11) is 0. The number of nitrogens with zero attached hydrogens (tertiary/aromatic N) is 5. The number of rotatable bonds is 4. The first-order valence-corrected chi connectivity index (χ1v) is 12.1. The molecule has 2 aromatic carbocycles. The third-order valence-corrected chi connectivity index (χ3v) is 6.66. The maximum absolute atomic E-state index is 13.2. The number of aromatic nitrogens is 5. The average molecular weight is 471 g/mol. The van der Waals surface area contributed by atoms with Crippen molar-refractivity contribution in [2.45, 2.75) is 51.5 Å². The van der Waals surface area contributed by atoms with Crippen LogP contribution in [-0.2, 0) is 12.0 Å². The van der Waals surface area contributed by atoms with Crippen LogP contribution >= 0.6 is 0 Å². The molecule has 180 valence electrons. The molecule has 2 aromatic heterocycles. The van der Waals surface area contributed by atoms with Crippen molar-refractivity contribution in [3.05, 3.63) is 87.5 Å². The predicted octanol–water partition coefficient (Wildman–Crippen LogP) is 3.88. The minimum atomic E-state index is -0.300. The highest BCUT2D eigenvalue weighted by Gasteiger charge is 2.28. The fourth-order valence-electron chi connectivity index (χ4n) is 4.62. The molecule has 0 bridgehead atoms. The van der Waals surface area contributed by atoms with Gasteiger partial charge in [0.15, 0.2) is 11.2 Å². The van der Waals surface area contributed by atoms with Crippen molar-refractivity contribution < 1.29 is 4.79 Å². The zero-order valence-electron chi connectivity index (χ0n) is 20.4. The number of benzene rings is 2. The second-order valence-electron chi connectivity index (χ2n) is 10.3. The first kappa shape index (κ1) is 23.0. The average Bonchev–Trinajstić information content (AvgIpc) is 3.27. The molecule has 1 N–H and O–H groups in total. The molecule has 0 radical (unpaired) electrons. The zero-order valence-corrected chi connectivity index (χ0v) is 20.4. The Hall–Kier alpha value is -3.81. The number of amides is 1. The standard InChI is InChI=1S/C27H30N6O2/c1-27(2,3)21-13-11-19(12-14-21)26(35)32-15-7-10-20(17-32)23-28-24-22(25(34)29-23)30-31-33(24)16-18-8-5-4-6-9-18/h4-6,8-9,11-14,20H,7,10,15-17H2,1-3H3,(H,28,29,34)/t20-/m0/s1. The summed E-state index contributed by atoms with van der Waals surface area (Å²) in [6, 6.07) is 17.8. The summed E-state index contributed by atoms with van der Waals surface area (Å²) in [5.74, 6) is 0.535. The Kier molecular flexibility index (Phi) is 5.96. The molecule has 1 saturated heterocycles. The van der Waals surface area contributed by atoms with E-state index < -0.39 is 0 Å². The first-order valence-electron chi connectivity index (χ1n) is 12.1. The van der Waals surface area contributed by atoms with Gasteiger partial charge < -0.3 is 9.88 Å². The SMILES string of the molecule is CC(C)(C)c1ccc(C(=O)N2CCC[C@H](c3nc4c(nnn4Cc4ccccc4)c(=O)[nH]3)C2)cc1. The van der Waals surface area contributed by atoms with Crippen LogP contribution in [0.25, 0.3) is 11.2 Å². The number of aromatic amines is 1. The van der Waals surface area contributed by atoms with E-state index in [1.807, 2.05) is 59.5 Å². The van der Waals surface area contributed by atoms with Gasteiger partial charge >= 0.3 is 0 Å². The molecule has 8 nitrogen and oxygen atoms in total. The number of nitrogens with one attached hydrogen (secondary N) is 1. The van der Waals surface area contributed by atoms with Gasteiger partial charge in [0, 0.05) is 24.6 Å². The Balaban J connectivity index is 1.38. The van der Waals surface area contributed by atoms with Crippen molar-refractivity contribution in [2.75, 3.05) is 13.1 Å². The minimum Gasteiger partial charge on any atom is -0.338 e. The van der Waals surface area contributed by atoms with Gasteiger partial charge in [0.2, 0.25) is 0 Å². The molecule has 35 heavy (non-hydrogen) atoms. The maximum Gasteiger partial charge on any atom is 0.281 e. The molecule has 3 heterocycles. The van der Waals surface area contributed by atoms with E-state index in [9.17, 15) is 9.59 Å². The molecule has 0 aliphatic carbocycles. The molecule has 1 aliphatic heterocycles. The van der Waals surface area contributed by atoms with E-state index in [1.54, 1.807) is 4.68 Å². The van der Waals surface area contributed by atoms with Gasteiger partial charge in [-0.15, -0.1) is 5.10 Å². The third kappa shape index (κ3) is 4.73. The Morgan fingerprint density at radius 1 is 1.09 bits per heavy atom. The summed E-state index contributed by atoms with van der Waals surface area (Å²) in [5.41, 5.74) is 3.36. The summed E-state index contributed by atoms with van der Waals surface area (Å²) < 4.78 is 1.66. The summed E-state index contributed by atoms with van der Waals surface area (Å²) in [5, 5.41) is 8.21. The van der Waals surface area contributed by atoms with Gasteiger partial charge in [0.25, 0.3) is 11.5 Å². The van der Waals surface area contributed by atoms with Crippen molar-refractivity contribution in [3.63, 3.8) is 0 Å². The Morgan fingerprint density at radius 2 is 1.83 bits per heavy atom. The Labute approximate surface area is 204 Å². The first-order chi connectivity index (χ1) is 16.8. The number of carbonyl (C=O) groups excluding carboxylic acids is 1. The predicted molar refractivity (Wildman–Crippen MR) is 135 cm³/mol. The second kappa shape index (κ2) is 9.09. The number of likely N-dealkylation sites (tertiary alicyclic amines) is 1. The fraction of sp³-hybridized carbons (Fsp3) is 0.370. The highest BCUT2D eigenvalue weighted by Crippen LogP contribution is 2.27. The zero-order chi connectivity index (χ0) is 24.6. The van der Waals surface area contributed by atoms with Crippen LogP contribution in [0.1, 0.15) is 66.8 Å². The fourth-order valence-corrected chi connectivity index (χ4v) is 4.62. The van der Waals surface area contributed by atoms with Crippen LogP contribution in [0.5, 0.6) is 0 Å². The maximum atomic E-state index is 13.2. The lowest BCUT2D eigenvalue weighted by Gasteiger charge is -2.32. The second-order valence-corrected chi connectivity index (χ2v) is 10.3. The van der Waals surface area contributed by atoms with Gasteiger partial charge in [-0.1, -0.05) is 68.4 Å². The normalized spacial score (nSPS) is 16.5. The van der Waals surface area contributed by atoms with Crippen molar-refractivity contribution in [2.24, 2.45) is 0 Å².